The highest BCUT2D eigenvalue weighted by molar-refractivity contribution is 5.99. The van der Waals surface area contributed by atoms with E-state index in [0.29, 0.717) is 45.4 Å². The van der Waals surface area contributed by atoms with E-state index >= 15 is 0 Å². The van der Waals surface area contributed by atoms with Crippen molar-refractivity contribution in [2.45, 2.75) is 111 Å². The molecule has 0 aliphatic carbocycles. The van der Waals surface area contributed by atoms with Crippen molar-refractivity contribution in [2.24, 2.45) is 11.8 Å². The highest BCUT2D eigenvalue weighted by Crippen LogP contribution is 2.22. The number of rotatable bonds is 22. The Morgan fingerprint density at radius 2 is 1.46 bits per heavy atom. The van der Waals surface area contributed by atoms with Crippen molar-refractivity contribution >= 4 is 35.7 Å². The predicted molar refractivity (Wildman–Crippen MR) is 213 cm³/mol. The Balaban J connectivity index is 1.71. The topological polar surface area (TPSA) is 191 Å². The molecule has 1 heterocycles. The summed E-state index contributed by atoms with van der Waals surface area (Å²) in [5, 5.41) is 11.4. The van der Waals surface area contributed by atoms with Crippen molar-refractivity contribution < 1.29 is 47.7 Å². The molecule has 57 heavy (non-hydrogen) atoms. The van der Waals surface area contributed by atoms with Gasteiger partial charge in [-0.1, -0.05) is 58.0 Å². The smallest absolute Gasteiger partial charge is 0.407 e. The Morgan fingerprint density at radius 1 is 0.807 bits per heavy atom. The van der Waals surface area contributed by atoms with E-state index in [-0.39, 0.29) is 48.4 Å². The standard InChI is InChI=1S/C42H61N5O10/c1-8-55-41(56-9-2)35(28(5)6)46-38(50)33-19-15-25-47(33)39(51)34(27(3)4)45-37(49)32(44-36(48)30-20-22-31(23-21-30)40(52)54-7)18-13-14-24-43-42(53)57-26-29-16-11-10-12-17-29/h10-12,16-17,20-23,27-28,32-35,41H,8-9,13-15,18-19,24-26H2,1-7H3,(H,43,53)(H,44,48)(H,45,49)(H,46,50)/t32-,33-,34-,35-/m0/s1. The summed E-state index contributed by atoms with van der Waals surface area (Å²) >= 11 is 0. The van der Waals surface area contributed by atoms with Crippen LogP contribution in [0.1, 0.15) is 99.9 Å². The highest BCUT2D eigenvalue weighted by atomic mass is 16.7. The zero-order valence-electron chi connectivity index (χ0n) is 34.3. The number of amides is 5. The number of esters is 1. The van der Waals surface area contributed by atoms with Gasteiger partial charge in [-0.05, 0) is 87.6 Å². The molecule has 0 unspecified atom stereocenters. The molecule has 4 N–H and O–H groups in total. The van der Waals surface area contributed by atoms with Crippen molar-refractivity contribution in [3.63, 3.8) is 0 Å². The highest BCUT2D eigenvalue weighted by Gasteiger charge is 2.41. The number of carbonyl (C=O) groups excluding carboxylic acids is 6. The summed E-state index contributed by atoms with van der Waals surface area (Å²) in [7, 11) is 1.26. The van der Waals surface area contributed by atoms with Gasteiger partial charge in [-0.25, -0.2) is 9.59 Å². The number of alkyl carbamates (subject to hydrolysis) is 1. The third-order valence-corrected chi connectivity index (χ3v) is 9.64. The lowest BCUT2D eigenvalue weighted by Gasteiger charge is -2.34. The number of hydrogen-bond donors (Lipinski definition) is 4. The fraction of sp³-hybridized carbons (Fsp3) is 0.571. The molecule has 0 spiro atoms. The SMILES string of the molecule is CCOC(OCC)[C@@H](NC(=O)[C@@H]1CCCN1C(=O)[C@@H](NC(=O)[C@H](CCCCNC(=O)OCc1ccccc1)NC(=O)c1ccc(C(=O)OC)cc1)C(C)C)C(C)C. The largest absolute Gasteiger partial charge is 0.465 e. The lowest BCUT2D eigenvalue weighted by atomic mass is 10.00. The van der Waals surface area contributed by atoms with Crippen LogP contribution in [-0.4, -0.2) is 104 Å². The summed E-state index contributed by atoms with van der Waals surface area (Å²) < 4.78 is 21.6. The zero-order valence-corrected chi connectivity index (χ0v) is 34.3. The first kappa shape index (κ1) is 46.4. The molecule has 0 radical (unpaired) electrons. The van der Waals surface area contributed by atoms with Crippen LogP contribution in [0, 0.1) is 11.8 Å². The van der Waals surface area contributed by atoms with E-state index in [0.717, 1.165) is 5.56 Å². The van der Waals surface area contributed by atoms with Crippen molar-refractivity contribution in [3.05, 3.63) is 71.3 Å². The molecule has 0 aromatic heterocycles. The lowest BCUT2D eigenvalue weighted by molar-refractivity contribution is -0.166. The second-order valence-corrected chi connectivity index (χ2v) is 14.6. The summed E-state index contributed by atoms with van der Waals surface area (Å²) in [6.07, 6.45) is 0.910. The van der Waals surface area contributed by atoms with Gasteiger partial charge in [-0.2, -0.15) is 0 Å². The first-order valence-electron chi connectivity index (χ1n) is 19.9. The maximum Gasteiger partial charge on any atom is 0.407 e. The minimum absolute atomic E-state index is 0.0209. The quantitative estimate of drug-likeness (QED) is 0.0758. The van der Waals surface area contributed by atoms with Crippen molar-refractivity contribution in [1.29, 1.82) is 0 Å². The van der Waals surface area contributed by atoms with Crippen molar-refractivity contribution in [3.8, 4) is 0 Å². The summed E-state index contributed by atoms with van der Waals surface area (Å²) in [5.41, 5.74) is 1.32. The van der Waals surface area contributed by atoms with E-state index in [1.54, 1.807) is 13.8 Å². The molecule has 15 heteroatoms. The van der Waals surface area contributed by atoms with Crippen LogP contribution in [-0.2, 0) is 39.9 Å². The molecule has 1 aliphatic heterocycles. The Morgan fingerprint density at radius 3 is 2.05 bits per heavy atom. The average Bonchev–Trinajstić information content (AvgIpc) is 3.70. The molecule has 4 atom stereocenters. The van der Waals surface area contributed by atoms with Crippen LogP contribution >= 0.6 is 0 Å². The number of carbonyl (C=O) groups is 6. The van der Waals surface area contributed by atoms with Gasteiger partial charge in [0, 0.05) is 31.9 Å². The predicted octanol–water partition coefficient (Wildman–Crippen LogP) is 4.34. The fourth-order valence-electron chi connectivity index (χ4n) is 6.47. The Hall–Kier alpha value is -5.02. The van der Waals surface area contributed by atoms with E-state index in [1.807, 2.05) is 58.0 Å². The van der Waals surface area contributed by atoms with Gasteiger partial charge in [0.05, 0.1) is 18.7 Å². The summed E-state index contributed by atoms with van der Waals surface area (Å²) in [6, 6.07) is 11.8. The molecule has 15 nitrogen and oxygen atoms in total. The average molecular weight is 796 g/mol. The van der Waals surface area contributed by atoms with Gasteiger partial charge in [0.1, 0.15) is 24.7 Å². The molecule has 5 amide bonds. The number of hydrogen-bond acceptors (Lipinski definition) is 10. The molecule has 1 saturated heterocycles. The molecular weight excluding hydrogens is 734 g/mol. The van der Waals surface area contributed by atoms with E-state index in [1.165, 1.54) is 36.3 Å². The van der Waals surface area contributed by atoms with Crippen LogP contribution in [0.15, 0.2) is 54.6 Å². The zero-order chi connectivity index (χ0) is 41.9. The van der Waals surface area contributed by atoms with Crippen molar-refractivity contribution in [2.75, 3.05) is 33.4 Å². The van der Waals surface area contributed by atoms with Crippen LogP contribution < -0.4 is 21.3 Å². The molecule has 0 bridgehead atoms. The van der Waals surface area contributed by atoms with E-state index in [2.05, 4.69) is 21.3 Å². The second kappa shape index (κ2) is 23.9. The van der Waals surface area contributed by atoms with Crippen molar-refractivity contribution in [1.82, 2.24) is 26.2 Å². The van der Waals surface area contributed by atoms with E-state index in [9.17, 15) is 28.8 Å². The second-order valence-electron chi connectivity index (χ2n) is 14.6. The number of ether oxygens (including phenoxy) is 4. The number of likely N-dealkylation sites (tertiary alicyclic amines) is 1. The minimum atomic E-state index is -1.06. The van der Waals surface area contributed by atoms with Gasteiger partial charge >= 0.3 is 12.1 Å². The normalized spacial score (nSPS) is 15.5. The van der Waals surface area contributed by atoms with Crippen LogP contribution in [0.25, 0.3) is 0 Å². The van der Waals surface area contributed by atoms with Gasteiger partial charge in [-0.3, -0.25) is 19.2 Å². The van der Waals surface area contributed by atoms with Crippen LogP contribution in [0.5, 0.6) is 0 Å². The maximum atomic E-state index is 14.2. The third kappa shape index (κ3) is 14.5. The van der Waals surface area contributed by atoms with Crippen LogP contribution in [0.2, 0.25) is 0 Å². The van der Waals surface area contributed by atoms with Gasteiger partial charge in [0.25, 0.3) is 5.91 Å². The van der Waals surface area contributed by atoms with Crippen LogP contribution in [0.3, 0.4) is 0 Å². The lowest BCUT2D eigenvalue weighted by Crippen LogP contribution is -2.59. The number of methoxy groups -OCH3 is 1. The molecule has 1 fully saturated rings. The fourth-order valence-corrected chi connectivity index (χ4v) is 6.47. The third-order valence-electron chi connectivity index (χ3n) is 9.64. The summed E-state index contributed by atoms with van der Waals surface area (Å²) in [4.78, 5) is 81.0. The summed E-state index contributed by atoms with van der Waals surface area (Å²) in [6.45, 7) is 12.8. The molecule has 1 aliphatic rings. The molecule has 314 valence electrons. The maximum absolute atomic E-state index is 14.2. The molecular formula is C42H61N5O10. The van der Waals surface area contributed by atoms with E-state index < -0.39 is 60.2 Å². The minimum Gasteiger partial charge on any atom is -0.465 e. The van der Waals surface area contributed by atoms with Gasteiger partial charge in [0.15, 0.2) is 6.29 Å². The number of nitrogens with zero attached hydrogens (tertiary/aromatic N) is 1. The molecule has 2 aromatic carbocycles. The van der Waals surface area contributed by atoms with E-state index in [4.69, 9.17) is 18.9 Å². The Labute approximate surface area is 336 Å². The molecule has 0 saturated carbocycles. The first-order chi connectivity index (χ1) is 27.3. The molecule has 3 rings (SSSR count). The molecule has 2 aromatic rings. The Kier molecular flexibility index (Phi) is 19.4. The van der Waals surface area contributed by atoms with Gasteiger partial charge < -0.3 is 45.1 Å². The van der Waals surface area contributed by atoms with Gasteiger partial charge in [0.2, 0.25) is 17.7 Å². The Bertz CT molecular complexity index is 1600. The number of unbranched alkanes of at least 4 members (excludes halogenated alkanes) is 1. The summed E-state index contributed by atoms with van der Waals surface area (Å²) in [5.74, 6) is -2.79. The monoisotopic (exact) mass is 795 g/mol. The van der Waals surface area contributed by atoms with Gasteiger partial charge in [-0.15, -0.1) is 0 Å². The first-order valence-corrected chi connectivity index (χ1v) is 19.9. The number of benzene rings is 2. The number of nitrogens with one attached hydrogen (secondary N) is 4. The van der Waals surface area contributed by atoms with Crippen LogP contribution in [0.4, 0.5) is 4.79 Å².